The van der Waals surface area contributed by atoms with E-state index in [9.17, 15) is 15.0 Å². The van der Waals surface area contributed by atoms with E-state index in [-0.39, 0.29) is 12.4 Å². The first-order valence-electron chi connectivity index (χ1n) is 5.93. The summed E-state index contributed by atoms with van der Waals surface area (Å²) < 4.78 is 10.5. The summed E-state index contributed by atoms with van der Waals surface area (Å²) >= 11 is 0. The minimum atomic E-state index is -0.989. The van der Waals surface area contributed by atoms with Crippen LogP contribution in [0.3, 0.4) is 0 Å². The van der Waals surface area contributed by atoms with Crippen LogP contribution in [0.25, 0.3) is 0 Å². The molecule has 5 atom stereocenters. The van der Waals surface area contributed by atoms with Crippen molar-refractivity contribution < 1.29 is 24.5 Å². The van der Waals surface area contributed by atoms with Crippen LogP contribution in [0.1, 0.15) is 18.1 Å². The van der Waals surface area contributed by atoms with Crippen LogP contribution < -0.4 is 0 Å². The molecule has 3 rings (SSSR count). The number of carbonyl (C=O) groups is 1. The van der Waals surface area contributed by atoms with Gasteiger partial charge in [0.25, 0.3) is 0 Å². The molecule has 0 amide bonds. The second kappa shape index (κ2) is 4.35. The Morgan fingerprint density at radius 1 is 1.28 bits per heavy atom. The maximum Gasteiger partial charge on any atom is 0.309 e. The highest BCUT2D eigenvalue weighted by molar-refractivity contribution is 5.73. The van der Waals surface area contributed by atoms with Gasteiger partial charge in [0.1, 0.15) is 24.4 Å². The van der Waals surface area contributed by atoms with E-state index in [0.29, 0.717) is 5.56 Å². The number of ether oxygens (including phenoxy) is 2. The molecule has 96 valence electrons. The topological polar surface area (TPSA) is 76.0 Å². The zero-order valence-electron chi connectivity index (χ0n) is 9.60. The van der Waals surface area contributed by atoms with Gasteiger partial charge < -0.3 is 19.7 Å². The summed E-state index contributed by atoms with van der Waals surface area (Å²) in [5, 5.41) is 20.2. The molecular formula is C13H14O5. The molecule has 2 aliphatic heterocycles. The quantitative estimate of drug-likeness (QED) is 0.731. The van der Waals surface area contributed by atoms with Crippen molar-refractivity contribution in [2.75, 3.05) is 0 Å². The number of aliphatic hydroxyl groups is 2. The lowest BCUT2D eigenvalue weighted by molar-refractivity contribution is -0.147. The number of esters is 1. The van der Waals surface area contributed by atoms with Crippen molar-refractivity contribution in [3.63, 3.8) is 0 Å². The SMILES string of the molecule is O=C1C[C@H]2O[C@@H]([C@H](O)c3ccccc3)[C@H](O)[C@H]2O1. The first kappa shape index (κ1) is 11.6. The number of rotatable bonds is 2. The lowest BCUT2D eigenvalue weighted by Crippen LogP contribution is -2.35. The van der Waals surface area contributed by atoms with Gasteiger partial charge in [-0.15, -0.1) is 0 Å². The van der Waals surface area contributed by atoms with Crippen LogP contribution in [0.5, 0.6) is 0 Å². The summed E-state index contributed by atoms with van der Waals surface area (Å²) in [5.74, 6) is -0.364. The van der Waals surface area contributed by atoms with Crippen LogP contribution in [-0.4, -0.2) is 40.6 Å². The summed E-state index contributed by atoms with van der Waals surface area (Å²) in [6, 6.07) is 8.99. The third kappa shape index (κ3) is 1.80. The zero-order valence-corrected chi connectivity index (χ0v) is 9.60. The molecule has 0 unspecified atom stereocenters. The van der Waals surface area contributed by atoms with Crippen molar-refractivity contribution >= 4 is 5.97 Å². The van der Waals surface area contributed by atoms with Crippen molar-refractivity contribution in [1.29, 1.82) is 0 Å². The van der Waals surface area contributed by atoms with E-state index in [2.05, 4.69) is 0 Å². The fourth-order valence-corrected chi connectivity index (χ4v) is 2.54. The Balaban J connectivity index is 1.77. The maximum atomic E-state index is 11.1. The molecule has 18 heavy (non-hydrogen) atoms. The van der Waals surface area contributed by atoms with Crippen molar-refractivity contribution in [1.82, 2.24) is 0 Å². The molecular weight excluding hydrogens is 236 g/mol. The van der Waals surface area contributed by atoms with Gasteiger partial charge in [-0.25, -0.2) is 0 Å². The van der Waals surface area contributed by atoms with Crippen LogP contribution in [-0.2, 0) is 14.3 Å². The number of aliphatic hydroxyl groups excluding tert-OH is 2. The summed E-state index contributed by atoms with van der Waals surface area (Å²) in [6.45, 7) is 0. The van der Waals surface area contributed by atoms with Crippen molar-refractivity contribution in [2.45, 2.75) is 36.9 Å². The first-order chi connectivity index (χ1) is 8.66. The predicted octanol–water partition coefficient (Wildman–Crippen LogP) is 0.164. The summed E-state index contributed by atoms with van der Waals surface area (Å²) in [7, 11) is 0. The third-order valence-electron chi connectivity index (χ3n) is 3.46. The molecule has 5 nitrogen and oxygen atoms in total. The molecule has 1 aromatic rings. The van der Waals surface area contributed by atoms with Gasteiger partial charge in [0.15, 0.2) is 6.10 Å². The Morgan fingerprint density at radius 3 is 2.67 bits per heavy atom. The highest BCUT2D eigenvalue weighted by Gasteiger charge is 2.53. The van der Waals surface area contributed by atoms with Crippen molar-refractivity contribution in [3.8, 4) is 0 Å². The monoisotopic (exact) mass is 250 g/mol. The lowest BCUT2D eigenvalue weighted by Gasteiger charge is -2.22. The van der Waals surface area contributed by atoms with Crippen LogP contribution in [0.15, 0.2) is 30.3 Å². The predicted molar refractivity (Wildman–Crippen MR) is 60.6 cm³/mol. The zero-order chi connectivity index (χ0) is 12.7. The van der Waals surface area contributed by atoms with Crippen LogP contribution in [0.4, 0.5) is 0 Å². The first-order valence-corrected chi connectivity index (χ1v) is 5.93. The second-order valence-corrected chi connectivity index (χ2v) is 4.64. The number of benzene rings is 1. The van der Waals surface area contributed by atoms with Crippen molar-refractivity contribution in [3.05, 3.63) is 35.9 Å². The van der Waals surface area contributed by atoms with Gasteiger partial charge in [0.2, 0.25) is 0 Å². The summed E-state index contributed by atoms with van der Waals surface area (Å²) in [4.78, 5) is 11.1. The molecule has 2 fully saturated rings. The van der Waals surface area contributed by atoms with E-state index in [1.807, 2.05) is 6.07 Å². The van der Waals surface area contributed by atoms with Crippen LogP contribution >= 0.6 is 0 Å². The van der Waals surface area contributed by atoms with E-state index >= 15 is 0 Å². The lowest BCUT2D eigenvalue weighted by atomic mass is 9.99. The molecule has 0 aliphatic carbocycles. The van der Waals surface area contributed by atoms with E-state index in [4.69, 9.17) is 9.47 Å². The Kier molecular flexibility index (Phi) is 2.81. The number of fused-ring (bicyclic) bond motifs is 1. The van der Waals surface area contributed by atoms with Gasteiger partial charge in [0.05, 0.1) is 6.42 Å². The van der Waals surface area contributed by atoms with Crippen molar-refractivity contribution in [2.24, 2.45) is 0 Å². The molecule has 2 heterocycles. The fourth-order valence-electron chi connectivity index (χ4n) is 2.54. The Labute approximate surface area is 104 Å². The molecule has 0 radical (unpaired) electrons. The van der Waals surface area contributed by atoms with Gasteiger partial charge in [0, 0.05) is 0 Å². The average Bonchev–Trinajstić information content (AvgIpc) is 2.88. The van der Waals surface area contributed by atoms with E-state index in [1.54, 1.807) is 24.3 Å². The molecule has 0 aromatic heterocycles. The van der Waals surface area contributed by atoms with Gasteiger partial charge in [-0.05, 0) is 5.56 Å². The molecule has 2 aliphatic rings. The van der Waals surface area contributed by atoms with Gasteiger partial charge in [-0.3, -0.25) is 4.79 Å². The Hall–Kier alpha value is -1.43. The van der Waals surface area contributed by atoms with Crippen LogP contribution in [0, 0.1) is 0 Å². The average molecular weight is 250 g/mol. The van der Waals surface area contributed by atoms with E-state index < -0.39 is 30.5 Å². The molecule has 2 N–H and O–H groups in total. The standard InChI is InChI=1S/C13H14O5/c14-9-6-8-12(18-9)11(16)13(17-8)10(15)7-4-2-1-3-5-7/h1-5,8,10-13,15-16H,6H2/t8-,10-,11-,12+,13+/m1/s1. The second-order valence-electron chi connectivity index (χ2n) is 4.64. The van der Waals surface area contributed by atoms with Gasteiger partial charge in [-0.2, -0.15) is 0 Å². The summed E-state index contributed by atoms with van der Waals surface area (Å²) in [6.07, 6.45) is -3.63. The highest BCUT2D eigenvalue weighted by atomic mass is 16.6. The molecule has 0 bridgehead atoms. The van der Waals surface area contributed by atoms with Gasteiger partial charge in [-0.1, -0.05) is 30.3 Å². The van der Waals surface area contributed by atoms with Gasteiger partial charge >= 0.3 is 5.97 Å². The normalized spacial score (nSPS) is 36.2. The molecule has 5 heteroatoms. The number of hydrogen-bond donors (Lipinski definition) is 2. The molecule has 1 aromatic carbocycles. The van der Waals surface area contributed by atoms with E-state index in [1.165, 1.54) is 0 Å². The minimum absolute atomic E-state index is 0.139. The van der Waals surface area contributed by atoms with Crippen LogP contribution in [0.2, 0.25) is 0 Å². The maximum absolute atomic E-state index is 11.1. The summed E-state index contributed by atoms with van der Waals surface area (Å²) in [5.41, 5.74) is 0.674. The smallest absolute Gasteiger partial charge is 0.309 e. The molecule has 0 saturated carbocycles. The Bertz CT molecular complexity index is 446. The molecule has 2 saturated heterocycles. The highest BCUT2D eigenvalue weighted by Crippen LogP contribution is 2.36. The number of hydrogen-bond acceptors (Lipinski definition) is 5. The minimum Gasteiger partial charge on any atom is -0.457 e. The largest absolute Gasteiger partial charge is 0.457 e. The van der Waals surface area contributed by atoms with E-state index in [0.717, 1.165) is 0 Å². The molecule has 0 spiro atoms. The Morgan fingerprint density at radius 2 is 2.00 bits per heavy atom. The third-order valence-corrected chi connectivity index (χ3v) is 3.46. The number of carbonyl (C=O) groups excluding carboxylic acids is 1. The fraction of sp³-hybridized carbons (Fsp3) is 0.462.